The molecular formula is C59H39N5. The summed E-state index contributed by atoms with van der Waals surface area (Å²) in [6.07, 6.45) is 1.89. The third-order valence-corrected chi connectivity index (χ3v) is 12.9. The molecule has 5 heteroatoms. The first-order valence-electron chi connectivity index (χ1n) is 21.8. The highest BCUT2D eigenvalue weighted by atomic mass is 15.1. The largest absolute Gasteiger partial charge is 0.310 e. The Morgan fingerprint density at radius 1 is 0.281 bits per heavy atom. The van der Waals surface area contributed by atoms with Crippen LogP contribution in [-0.4, -0.2) is 18.7 Å². The monoisotopic (exact) mass is 817 g/mol. The number of pyridine rings is 1. The van der Waals surface area contributed by atoms with Gasteiger partial charge in [-0.25, -0.2) is 0 Å². The summed E-state index contributed by atoms with van der Waals surface area (Å²) in [5.41, 5.74) is 16.9. The fraction of sp³-hybridized carbons (Fsp3) is 0. The number of hydrogen-bond acceptors (Lipinski definition) is 2. The summed E-state index contributed by atoms with van der Waals surface area (Å²) in [5.74, 6) is 0. The molecule has 0 amide bonds. The minimum atomic E-state index is 0.990. The normalized spacial score (nSPS) is 11.8. The Bertz CT molecular complexity index is 3880. The van der Waals surface area contributed by atoms with Crippen LogP contribution in [0.5, 0.6) is 0 Å². The van der Waals surface area contributed by atoms with Gasteiger partial charge < -0.3 is 18.6 Å². The zero-order valence-corrected chi connectivity index (χ0v) is 34.8. The van der Waals surface area contributed by atoms with Crippen molar-refractivity contribution in [3.63, 3.8) is 0 Å². The molecule has 13 aromatic rings. The first kappa shape index (κ1) is 36.0. The first-order chi connectivity index (χ1) is 31.8. The van der Waals surface area contributed by atoms with Gasteiger partial charge in [0.2, 0.25) is 0 Å². The summed E-state index contributed by atoms with van der Waals surface area (Å²) < 4.78 is 7.10. The van der Waals surface area contributed by atoms with Gasteiger partial charge in [0, 0.05) is 67.3 Å². The first-order valence-corrected chi connectivity index (χ1v) is 21.8. The van der Waals surface area contributed by atoms with E-state index in [4.69, 9.17) is 4.98 Å². The van der Waals surface area contributed by atoms with Crippen LogP contribution in [0.2, 0.25) is 0 Å². The highest BCUT2D eigenvalue weighted by molar-refractivity contribution is 6.13. The molecule has 9 aromatic carbocycles. The fourth-order valence-corrected chi connectivity index (χ4v) is 10.0. The zero-order valence-electron chi connectivity index (χ0n) is 34.8. The Labute approximate surface area is 369 Å². The van der Waals surface area contributed by atoms with E-state index in [9.17, 15) is 0 Å². The lowest BCUT2D eigenvalue weighted by Crippen LogP contribution is -2.10. The zero-order chi connectivity index (χ0) is 42.1. The van der Waals surface area contributed by atoms with Crippen molar-refractivity contribution >= 4 is 82.6 Å². The predicted molar refractivity (Wildman–Crippen MR) is 267 cm³/mol. The van der Waals surface area contributed by atoms with Crippen LogP contribution in [0.3, 0.4) is 0 Å². The van der Waals surface area contributed by atoms with E-state index in [0.717, 1.165) is 67.1 Å². The lowest BCUT2D eigenvalue weighted by Gasteiger charge is -2.26. The molecular weight excluding hydrogens is 779 g/mol. The van der Waals surface area contributed by atoms with Crippen LogP contribution in [0.15, 0.2) is 237 Å². The predicted octanol–water partition coefficient (Wildman–Crippen LogP) is 15.5. The SMILES string of the molecule is c1ccc(-c2ccc(N(c3ccc4c(c3)c3ccccc3n4-c3ccccc3)c3ccc4c(c3)c3ccccc3n4-c3ccc4c(c3)c3ncccc3n4-c3ccccc3)cc2)cc1. The second-order valence-corrected chi connectivity index (χ2v) is 16.4. The minimum Gasteiger partial charge on any atom is -0.310 e. The van der Waals surface area contributed by atoms with Crippen molar-refractivity contribution in [3.05, 3.63) is 237 Å². The molecule has 0 aliphatic carbocycles. The van der Waals surface area contributed by atoms with Crippen molar-refractivity contribution in [2.45, 2.75) is 0 Å². The van der Waals surface area contributed by atoms with Gasteiger partial charge in [-0.15, -0.1) is 0 Å². The van der Waals surface area contributed by atoms with Crippen molar-refractivity contribution in [2.24, 2.45) is 0 Å². The second kappa shape index (κ2) is 14.5. The molecule has 0 fully saturated rings. The van der Waals surface area contributed by atoms with E-state index < -0.39 is 0 Å². The van der Waals surface area contributed by atoms with E-state index in [1.807, 2.05) is 12.3 Å². The third kappa shape index (κ3) is 5.61. The van der Waals surface area contributed by atoms with Crippen molar-refractivity contribution in [3.8, 4) is 28.2 Å². The highest BCUT2D eigenvalue weighted by Gasteiger charge is 2.21. The van der Waals surface area contributed by atoms with E-state index in [0.29, 0.717) is 0 Å². The number of anilines is 3. The Balaban J connectivity index is 1.01. The number of hydrogen-bond donors (Lipinski definition) is 0. The molecule has 0 bridgehead atoms. The molecule has 13 rings (SSSR count). The summed E-state index contributed by atoms with van der Waals surface area (Å²) in [4.78, 5) is 7.34. The van der Waals surface area contributed by atoms with Gasteiger partial charge in [0.1, 0.15) is 0 Å². The Hall–Kier alpha value is -8.67. The minimum absolute atomic E-state index is 0.990. The highest BCUT2D eigenvalue weighted by Crippen LogP contribution is 2.43. The fourth-order valence-electron chi connectivity index (χ4n) is 10.0. The molecule has 5 nitrogen and oxygen atoms in total. The van der Waals surface area contributed by atoms with E-state index in [2.05, 4.69) is 243 Å². The van der Waals surface area contributed by atoms with Crippen LogP contribution in [0.1, 0.15) is 0 Å². The number of benzene rings is 9. The summed E-state index contributed by atoms with van der Waals surface area (Å²) in [5, 5.41) is 5.93. The maximum Gasteiger partial charge on any atom is 0.0964 e. The van der Waals surface area contributed by atoms with Gasteiger partial charge >= 0.3 is 0 Å². The lowest BCUT2D eigenvalue weighted by molar-refractivity contribution is 1.16. The standard InChI is InChI=1S/C59H39N5/c1-4-15-40(16-5-1)41-26-28-44(29-27-41)61(45-30-33-55-50(37-45)48-21-10-12-23-53(48)62(55)42-17-6-2-7-18-42)46-31-34-56-51(38-46)49-22-11-13-24-54(49)64(56)47-32-35-57-52(39-47)59-58(25-14-36-60-59)63(57)43-19-8-3-9-20-43/h1-39H. The van der Waals surface area contributed by atoms with Crippen LogP contribution in [-0.2, 0) is 0 Å². The molecule has 0 aliphatic heterocycles. The van der Waals surface area contributed by atoms with E-state index in [1.54, 1.807) is 0 Å². The number of para-hydroxylation sites is 4. The summed E-state index contributed by atoms with van der Waals surface area (Å²) >= 11 is 0. The number of fused-ring (bicyclic) bond motifs is 9. The van der Waals surface area contributed by atoms with Gasteiger partial charge in [0.05, 0.1) is 38.6 Å². The van der Waals surface area contributed by atoms with Crippen LogP contribution in [0, 0.1) is 0 Å². The molecule has 4 heterocycles. The molecule has 0 saturated carbocycles. The lowest BCUT2D eigenvalue weighted by atomic mass is 10.0. The molecule has 300 valence electrons. The molecule has 0 radical (unpaired) electrons. The maximum atomic E-state index is 4.93. The average Bonchev–Trinajstić information content (AvgIpc) is 4.00. The van der Waals surface area contributed by atoms with Gasteiger partial charge in [-0.2, -0.15) is 0 Å². The van der Waals surface area contributed by atoms with Gasteiger partial charge in [-0.3, -0.25) is 4.98 Å². The molecule has 0 spiro atoms. The second-order valence-electron chi connectivity index (χ2n) is 16.4. The smallest absolute Gasteiger partial charge is 0.0964 e. The molecule has 0 N–H and O–H groups in total. The van der Waals surface area contributed by atoms with Crippen molar-refractivity contribution in [1.29, 1.82) is 0 Å². The van der Waals surface area contributed by atoms with Crippen LogP contribution in [0.4, 0.5) is 17.1 Å². The molecule has 0 aliphatic rings. The quantitative estimate of drug-likeness (QED) is 0.160. The van der Waals surface area contributed by atoms with Gasteiger partial charge in [-0.1, -0.05) is 115 Å². The van der Waals surface area contributed by atoms with E-state index in [1.165, 1.54) is 43.7 Å². The Kier molecular flexibility index (Phi) is 8.15. The third-order valence-electron chi connectivity index (χ3n) is 12.9. The molecule has 4 aromatic heterocycles. The topological polar surface area (TPSA) is 30.9 Å². The van der Waals surface area contributed by atoms with Crippen LogP contribution < -0.4 is 4.90 Å². The molecule has 0 saturated heterocycles. The van der Waals surface area contributed by atoms with Crippen molar-refractivity contribution in [1.82, 2.24) is 18.7 Å². The van der Waals surface area contributed by atoms with E-state index >= 15 is 0 Å². The number of rotatable bonds is 7. The number of aromatic nitrogens is 4. The Morgan fingerprint density at radius 2 is 0.719 bits per heavy atom. The maximum absolute atomic E-state index is 4.93. The molecule has 0 atom stereocenters. The molecule has 0 unspecified atom stereocenters. The van der Waals surface area contributed by atoms with Gasteiger partial charge in [-0.05, 0) is 126 Å². The number of nitrogens with zero attached hydrogens (tertiary/aromatic N) is 5. The van der Waals surface area contributed by atoms with Crippen LogP contribution in [0.25, 0.3) is 93.7 Å². The van der Waals surface area contributed by atoms with Crippen LogP contribution >= 0.6 is 0 Å². The molecule has 64 heavy (non-hydrogen) atoms. The summed E-state index contributed by atoms with van der Waals surface area (Å²) in [7, 11) is 0. The van der Waals surface area contributed by atoms with E-state index in [-0.39, 0.29) is 0 Å². The average molecular weight is 818 g/mol. The van der Waals surface area contributed by atoms with Gasteiger partial charge in [0.15, 0.2) is 0 Å². The van der Waals surface area contributed by atoms with Crippen molar-refractivity contribution in [2.75, 3.05) is 4.90 Å². The van der Waals surface area contributed by atoms with Gasteiger partial charge in [0.25, 0.3) is 0 Å². The van der Waals surface area contributed by atoms with Crippen molar-refractivity contribution < 1.29 is 0 Å². The Morgan fingerprint density at radius 3 is 1.33 bits per heavy atom. The summed E-state index contributed by atoms with van der Waals surface area (Å²) in [6, 6.07) is 83.2. The summed E-state index contributed by atoms with van der Waals surface area (Å²) in [6.45, 7) is 0.